The van der Waals surface area contributed by atoms with Crippen molar-refractivity contribution in [2.75, 3.05) is 12.5 Å². The number of thioether (sulfide) groups is 1. The fraction of sp³-hybridized carbons (Fsp3) is 0.0909. The molecule has 2 nitrogen and oxygen atoms in total. The van der Waals surface area contributed by atoms with Crippen molar-refractivity contribution < 1.29 is 0 Å². The molecule has 3 aliphatic carbocycles. The van der Waals surface area contributed by atoms with E-state index in [-0.39, 0.29) is 0 Å². The van der Waals surface area contributed by atoms with Crippen LogP contribution in [0.3, 0.4) is 0 Å². The fourth-order valence-corrected chi connectivity index (χ4v) is 13.5. The number of hydrogen-bond acceptors (Lipinski definition) is 1. The van der Waals surface area contributed by atoms with E-state index in [0.29, 0.717) is 11.8 Å². The van der Waals surface area contributed by atoms with Gasteiger partial charge in [-0.05, 0) is 115 Å². The minimum absolute atomic E-state index is 0.362. The molecule has 2 atom stereocenters. The number of allylic oxidation sites excluding steroid dienone is 2. The molecule has 0 saturated heterocycles. The van der Waals surface area contributed by atoms with E-state index in [1.54, 1.807) is 11.8 Å². The molecule has 0 amide bonds. The highest BCUT2D eigenvalue weighted by Crippen LogP contribution is 2.74. The SMILES string of the molecule is C1=CC2c3cc4cc5n(c4cc31)S(c1cccc3ccccc13)(c1cccc3ccccc13)n1c-5cc3cc4c(cc31)C=CC42.CSC. The Morgan fingerprint density at radius 3 is 1.42 bits per heavy atom. The highest BCUT2D eigenvalue weighted by Gasteiger charge is 2.46. The van der Waals surface area contributed by atoms with Crippen molar-refractivity contribution in [2.45, 2.75) is 21.6 Å². The van der Waals surface area contributed by atoms with Gasteiger partial charge in [-0.2, -0.15) is 11.8 Å². The Morgan fingerprint density at radius 2 is 0.938 bits per heavy atom. The number of aromatic nitrogens is 2. The molecule has 0 N–H and O–H groups in total. The molecule has 0 spiro atoms. The second-order valence-electron chi connectivity index (χ2n) is 13.4. The van der Waals surface area contributed by atoms with Crippen LogP contribution >= 0.6 is 22.2 Å². The minimum Gasteiger partial charge on any atom is -0.276 e. The molecule has 2 unspecified atom stereocenters. The average Bonchev–Trinajstić information content (AvgIpc) is 3.93. The van der Waals surface area contributed by atoms with Crippen molar-refractivity contribution in [1.29, 1.82) is 0 Å². The van der Waals surface area contributed by atoms with Crippen molar-refractivity contribution in [3.8, 4) is 11.4 Å². The Kier molecular flexibility index (Phi) is 5.41. The highest BCUT2D eigenvalue weighted by molar-refractivity contribution is 8.32. The van der Waals surface area contributed by atoms with Crippen molar-refractivity contribution in [3.63, 3.8) is 0 Å². The summed E-state index contributed by atoms with van der Waals surface area (Å²) in [7, 11) is -2.10. The van der Waals surface area contributed by atoms with E-state index in [2.05, 4.69) is 154 Å². The lowest BCUT2D eigenvalue weighted by atomic mass is 9.83. The lowest BCUT2D eigenvalue weighted by molar-refractivity contribution is 0.760. The standard InChI is InChI=1S/C42H26N2S.C2H6S/c1-3-11-31-25(7-1)9-5-13-41(31)45(42-14-6-10-26-8-2-4-12-32(26)42)43-37-21-27-15-17-33-34-18-16-28-22-38-30(20-36(28)34)24-40(44(38)45)39(43)23-29(37)19-35(27)33;1-3-2/h1-24,33-34H;1-2H3. The molecule has 48 heavy (non-hydrogen) atoms. The van der Waals surface area contributed by atoms with Crippen molar-refractivity contribution in [3.05, 3.63) is 156 Å². The Labute approximate surface area is 285 Å². The van der Waals surface area contributed by atoms with Crippen LogP contribution in [0.4, 0.5) is 0 Å². The van der Waals surface area contributed by atoms with E-state index in [1.807, 2.05) is 12.5 Å². The summed E-state index contributed by atoms with van der Waals surface area (Å²) in [6.07, 6.45) is 13.8. The van der Waals surface area contributed by atoms with E-state index < -0.39 is 10.4 Å². The monoisotopic (exact) mass is 652 g/mol. The third-order valence-electron chi connectivity index (χ3n) is 10.9. The van der Waals surface area contributed by atoms with Gasteiger partial charge in [0, 0.05) is 32.4 Å². The molecule has 6 bridgehead atoms. The number of nitrogens with zero attached hydrogens (tertiary/aromatic N) is 2. The molecule has 12 rings (SSSR count). The van der Waals surface area contributed by atoms with Crippen LogP contribution in [0, 0.1) is 0 Å². The summed E-state index contributed by atoms with van der Waals surface area (Å²) in [6.45, 7) is 0. The summed E-state index contributed by atoms with van der Waals surface area (Å²) in [5.41, 5.74) is 10.9. The summed E-state index contributed by atoms with van der Waals surface area (Å²) < 4.78 is 5.54. The van der Waals surface area contributed by atoms with Crippen molar-refractivity contribution in [2.24, 2.45) is 0 Å². The van der Waals surface area contributed by atoms with Crippen molar-refractivity contribution >= 4 is 77.7 Å². The molecule has 0 fully saturated rings. The summed E-state index contributed by atoms with van der Waals surface area (Å²) in [4.78, 5) is 2.76. The van der Waals surface area contributed by atoms with Crippen molar-refractivity contribution in [1.82, 2.24) is 7.94 Å². The van der Waals surface area contributed by atoms with Crippen LogP contribution in [0.1, 0.15) is 34.1 Å². The first-order valence-corrected chi connectivity index (χ1v) is 19.8. The van der Waals surface area contributed by atoms with Crippen LogP contribution in [0.15, 0.2) is 143 Å². The van der Waals surface area contributed by atoms with E-state index in [9.17, 15) is 0 Å². The maximum absolute atomic E-state index is 2.77. The van der Waals surface area contributed by atoms with Gasteiger partial charge >= 0.3 is 0 Å². The molecule has 4 aliphatic rings. The maximum atomic E-state index is 2.77. The number of rotatable bonds is 2. The first-order valence-electron chi connectivity index (χ1n) is 16.7. The van der Waals surface area contributed by atoms with Crippen LogP contribution in [0.5, 0.6) is 0 Å². The Hall–Kier alpha value is -4.90. The number of benzene rings is 6. The van der Waals surface area contributed by atoms with Gasteiger partial charge in [0.25, 0.3) is 0 Å². The third kappa shape index (κ3) is 3.23. The lowest BCUT2D eigenvalue weighted by Gasteiger charge is -2.43. The molecule has 230 valence electrons. The molecule has 2 aromatic heterocycles. The largest absolute Gasteiger partial charge is 0.276 e. The first kappa shape index (κ1) is 27.1. The van der Waals surface area contributed by atoms with Gasteiger partial charge in [0.2, 0.25) is 0 Å². The second-order valence-corrected chi connectivity index (χ2v) is 16.9. The van der Waals surface area contributed by atoms with Gasteiger partial charge in [-0.3, -0.25) is 7.94 Å². The van der Waals surface area contributed by atoms with Gasteiger partial charge in [0.1, 0.15) is 0 Å². The number of fused-ring (bicyclic) bond motifs is 5. The van der Waals surface area contributed by atoms with Gasteiger partial charge in [-0.15, -0.1) is 0 Å². The van der Waals surface area contributed by atoms with Gasteiger partial charge in [-0.25, -0.2) is 0 Å². The van der Waals surface area contributed by atoms with Gasteiger partial charge in [0.05, 0.1) is 22.4 Å². The van der Waals surface area contributed by atoms with Gasteiger partial charge in [-0.1, -0.05) is 97.1 Å². The second kappa shape index (κ2) is 9.59. The number of hydrogen-bond donors (Lipinski definition) is 0. The topological polar surface area (TPSA) is 9.86 Å². The molecular weight excluding hydrogens is 621 g/mol. The maximum Gasteiger partial charge on any atom is 0.0785 e. The zero-order chi connectivity index (χ0) is 31.7. The van der Waals surface area contributed by atoms with Crippen LogP contribution in [0.2, 0.25) is 0 Å². The predicted molar refractivity (Wildman–Crippen MR) is 209 cm³/mol. The van der Waals surface area contributed by atoms with Crippen LogP contribution < -0.4 is 0 Å². The Morgan fingerprint density at radius 1 is 0.500 bits per heavy atom. The van der Waals surface area contributed by atoms with Crippen LogP contribution in [-0.4, -0.2) is 20.5 Å². The summed E-state index contributed by atoms with van der Waals surface area (Å²) in [6, 6.07) is 46.9. The quantitative estimate of drug-likeness (QED) is 0.181. The van der Waals surface area contributed by atoms with E-state index >= 15 is 0 Å². The first-order chi connectivity index (χ1) is 23.7. The Balaban J connectivity index is 0.000000904. The summed E-state index contributed by atoms with van der Waals surface area (Å²) in [5, 5.41) is 7.87. The zero-order valence-electron chi connectivity index (χ0n) is 26.7. The molecule has 4 heteroatoms. The Bertz CT molecular complexity index is 2560. The molecular formula is C44H32N2S2. The van der Waals surface area contributed by atoms with Gasteiger partial charge < -0.3 is 0 Å². The summed E-state index contributed by atoms with van der Waals surface area (Å²) >= 11 is 1.75. The van der Waals surface area contributed by atoms with E-state index in [1.165, 1.54) is 86.8 Å². The highest BCUT2D eigenvalue weighted by atomic mass is 32.3. The molecule has 8 aromatic rings. The molecule has 0 radical (unpaired) electrons. The van der Waals surface area contributed by atoms with E-state index in [4.69, 9.17) is 0 Å². The average molecular weight is 653 g/mol. The smallest absolute Gasteiger partial charge is 0.0785 e. The van der Waals surface area contributed by atoms with Gasteiger partial charge in [0.15, 0.2) is 0 Å². The van der Waals surface area contributed by atoms with Crippen LogP contribution in [-0.2, 0) is 0 Å². The molecule has 1 aliphatic heterocycles. The summed E-state index contributed by atoms with van der Waals surface area (Å²) in [5.74, 6) is 0.724. The fourth-order valence-electron chi connectivity index (χ4n) is 9.05. The third-order valence-corrected chi connectivity index (χ3v) is 14.7. The normalized spacial score (nSPS) is 19.0. The van der Waals surface area contributed by atoms with Crippen LogP contribution in [0.25, 0.3) is 66.9 Å². The predicted octanol–water partition coefficient (Wildman–Crippen LogP) is 12.2. The van der Waals surface area contributed by atoms with E-state index in [0.717, 1.165) is 0 Å². The molecule has 3 heterocycles. The molecule has 6 aromatic carbocycles. The lowest BCUT2D eigenvalue weighted by Crippen LogP contribution is -2.16. The zero-order valence-corrected chi connectivity index (χ0v) is 28.4. The minimum atomic E-state index is -2.10. The molecule has 0 saturated carbocycles.